The zero-order chi connectivity index (χ0) is 17.7. The van der Waals surface area contributed by atoms with E-state index in [-0.39, 0.29) is 17.9 Å². The first-order chi connectivity index (χ1) is 11.4. The van der Waals surface area contributed by atoms with Crippen LogP contribution in [0, 0.1) is 0 Å². The van der Waals surface area contributed by atoms with E-state index < -0.39 is 0 Å². The minimum Gasteiger partial charge on any atom is -0.340 e. The molecule has 0 saturated carbocycles. The Morgan fingerprint density at radius 1 is 1.12 bits per heavy atom. The second kappa shape index (κ2) is 8.29. The molecular weight excluding hydrogens is 302 g/mol. The summed E-state index contributed by atoms with van der Waals surface area (Å²) in [6.45, 7) is 10.7. The second-order valence-corrected chi connectivity index (χ2v) is 6.60. The van der Waals surface area contributed by atoms with Crippen LogP contribution in [0.15, 0.2) is 24.3 Å². The van der Waals surface area contributed by atoms with Crippen LogP contribution in [0.5, 0.6) is 0 Å². The van der Waals surface area contributed by atoms with Gasteiger partial charge in [-0.25, -0.2) is 0 Å². The number of para-hydroxylation sites is 1. The van der Waals surface area contributed by atoms with E-state index in [0.717, 1.165) is 25.2 Å². The number of benzene rings is 1. The molecule has 1 aromatic carbocycles. The van der Waals surface area contributed by atoms with Gasteiger partial charge in [-0.3, -0.25) is 14.5 Å². The van der Waals surface area contributed by atoms with Crippen molar-refractivity contribution in [3.8, 4) is 0 Å². The third kappa shape index (κ3) is 4.35. The van der Waals surface area contributed by atoms with Crippen molar-refractivity contribution in [2.75, 3.05) is 31.5 Å². The van der Waals surface area contributed by atoms with Crippen LogP contribution in [0.1, 0.15) is 45.6 Å². The number of nitrogens with zero attached hydrogens (tertiary/aromatic N) is 2. The molecule has 2 rings (SSSR count). The van der Waals surface area contributed by atoms with Gasteiger partial charge in [0.05, 0.1) is 6.04 Å². The molecule has 2 atom stereocenters. The van der Waals surface area contributed by atoms with Crippen LogP contribution in [-0.2, 0) is 9.59 Å². The molecule has 1 aliphatic heterocycles. The maximum Gasteiger partial charge on any atom is 0.241 e. The lowest BCUT2D eigenvalue weighted by Gasteiger charge is -2.37. The van der Waals surface area contributed by atoms with Crippen molar-refractivity contribution in [2.45, 2.75) is 46.1 Å². The molecule has 5 nitrogen and oxygen atoms in total. The highest BCUT2D eigenvalue weighted by Crippen LogP contribution is 2.26. The van der Waals surface area contributed by atoms with E-state index in [0.29, 0.717) is 19.0 Å². The van der Waals surface area contributed by atoms with Crippen LogP contribution in [0.4, 0.5) is 5.69 Å². The third-order valence-electron chi connectivity index (χ3n) is 5.05. The molecular formula is C19H29N3O2. The monoisotopic (exact) mass is 331 g/mol. The summed E-state index contributed by atoms with van der Waals surface area (Å²) in [5, 5.41) is 3.10. The summed E-state index contributed by atoms with van der Waals surface area (Å²) in [4.78, 5) is 28.0. The Balaban J connectivity index is 1.99. The Bertz CT molecular complexity index is 580. The lowest BCUT2D eigenvalue weighted by atomic mass is 9.97. The predicted octanol–water partition coefficient (Wildman–Crippen LogP) is 2.69. The Morgan fingerprint density at radius 3 is 2.33 bits per heavy atom. The summed E-state index contributed by atoms with van der Waals surface area (Å²) in [5.74, 6) is 0.534. The lowest BCUT2D eigenvalue weighted by Crippen LogP contribution is -2.53. The Labute approximate surface area is 145 Å². The fourth-order valence-electron chi connectivity index (χ4n) is 3.09. The molecule has 1 heterocycles. The Morgan fingerprint density at radius 2 is 1.75 bits per heavy atom. The highest BCUT2D eigenvalue weighted by molar-refractivity contribution is 5.95. The number of anilines is 1. The molecule has 0 aromatic heterocycles. The number of rotatable bonds is 5. The molecule has 0 spiro atoms. The van der Waals surface area contributed by atoms with Gasteiger partial charge in [-0.15, -0.1) is 0 Å². The lowest BCUT2D eigenvalue weighted by molar-refractivity contribution is -0.131. The normalized spacial score (nSPS) is 18.1. The first-order valence-corrected chi connectivity index (χ1v) is 8.83. The van der Waals surface area contributed by atoms with Gasteiger partial charge in [-0.05, 0) is 30.9 Å². The summed E-state index contributed by atoms with van der Waals surface area (Å²) in [7, 11) is 0. The molecule has 24 heavy (non-hydrogen) atoms. The molecule has 2 amide bonds. The molecule has 1 fully saturated rings. The molecule has 1 N–H and O–H groups in total. The number of carbonyl (C=O) groups is 2. The highest BCUT2D eigenvalue weighted by atomic mass is 16.2. The summed E-state index contributed by atoms with van der Waals surface area (Å²) in [6.07, 6.45) is 1.04. The van der Waals surface area contributed by atoms with Crippen molar-refractivity contribution in [3.05, 3.63) is 29.8 Å². The van der Waals surface area contributed by atoms with Crippen molar-refractivity contribution in [2.24, 2.45) is 0 Å². The molecule has 0 bridgehead atoms. The number of carbonyl (C=O) groups excluding carboxylic acids is 2. The van der Waals surface area contributed by atoms with Gasteiger partial charge in [0.2, 0.25) is 11.8 Å². The average molecular weight is 331 g/mol. The van der Waals surface area contributed by atoms with Crippen molar-refractivity contribution in [1.29, 1.82) is 0 Å². The van der Waals surface area contributed by atoms with Crippen molar-refractivity contribution in [1.82, 2.24) is 9.80 Å². The van der Waals surface area contributed by atoms with E-state index in [2.05, 4.69) is 30.1 Å². The van der Waals surface area contributed by atoms with Gasteiger partial charge in [0.15, 0.2) is 0 Å². The molecule has 1 saturated heterocycles. The SMILES string of the molecule is CC[C@@H](C)c1ccccc1NC(=O)[C@H](C)N1CCN(C(C)=O)CC1. The Kier molecular flexibility index (Phi) is 6.37. The third-order valence-corrected chi connectivity index (χ3v) is 5.05. The number of amides is 2. The summed E-state index contributed by atoms with van der Waals surface area (Å²) in [5.41, 5.74) is 2.09. The average Bonchev–Trinajstić information content (AvgIpc) is 2.60. The van der Waals surface area contributed by atoms with E-state index in [1.165, 1.54) is 5.56 Å². The van der Waals surface area contributed by atoms with E-state index in [1.54, 1.807) is 6.92 Å². The predicted molar refractivity (Wildman–Crippen MR) is 97.1 cm³/mol. The van der Waals surface area contributed by atoms with E-state index >= 15 is 0 Å². The Hall–Kier alpha value is -1.88. The van der Waals surface area contributed by atoms with Crippen molar-refractivity contribution in [3.63, 3.8) is 0 Å². The standard InChI is InChI=1S/C19H29N3O2/c1-5-14(2)17-8-6-7-9-18(17)20-19(24)15(3)21-10-12-22(13-11-21)16(4)23/h6-9,14-15H,5,10-13H2,1-4H3,(H,20,24)/t14-,15+/m1/s1. The highest BCUT2D eigenvalue weighted by Gasteiger charge is 2.26. The van der Waals surface area contributed by atoms with Crippen LogP contribution < -0.4 is 5.32 Å². The number of hydrogen-bond donors (Lipinski definition) is 1. The zero-order valence-corrected chi connectivity index (χ0v) is 15.2. The van der Waals surface area contributed by atoms with Crippen LogP contribution in [0.3, 0.4) is 0 Å². The van der Waals surface area contributed by atoms with E-state index in [4.69, 9.17) is 0 Å². The molecule has 1 aromatic rings. The van der Waals surface area contributed by atoms with Crippen molar-refractivity contribution >= 4 is 17.5 Å². The molecule has 0 unspecified atom stereocenters. The van der Waals surface area contributed by atoms with Gasteiger partial charge in [0.1, 0.15) is 0 Å². The zero-order valence-electron chi connectivity index (χ0n) is 15.2. The number of nitrogens with one attached hydrogen (secondary N) is 1. The van der Waals surface area contributed by atoms with Gasteiger partial charge in [-0.1, -0.05) is 32.0 Å². The summed E-state index contributed by atoms with van der Waals surface area (Å²) in [6, 6.07) is 7.82. The maximum atomic E-state index is 12.7. The largest absolute Gasteiger partial charge is 0.340 e. The minimum atomic E-state index is -0.205. The minimum absolute atomic E-state index is 0.0158. The maximum absolute atomic E-state index is 12.7. The summed E-state index contributed by atoms with van der Waals surface area (Å²) < 4.78 is 0. The fraction of sp³-hybridized carbons (Fsp3) is 0.579. The molecule has 0 radical (unpaired) electrons. The van der Waals surface area contributed by atoms with E-state index in [9.17, 15) is 9.59 Å². The van der Waals surface area contributed by atoms with Crippen molar-refractivity contribution < 1.29 is 9.59 Å². The molecule has 132 valence electrons. The number of piperazine rings is 1. The molecule has 5 heteroatoms. The van der Waals surface area contributed by atoms with E-state index in [1.807, 2.05) is 30.0 Å². The van der Waals surface area contributed by atoms with Gasteiger partial charge in [-0.2, -0.15) is 0 Å². The molecule has 1 aliphatic rings. The van der Waals surface area contributed by atoms with Crippen LogP contribution in [0.25, 0.3) is 0 Å². The smallest absolute Gasteiger partial charge is 0.241 e. The van der Waals surface area contributed by atoms with Gasteiger partial charge in [0, 0.05) is 38.8 Å². The van der Waals surface area contributed by atoms with Crippen LogP contribution in [-0.4, -0.2) is 53.8 Å². The quantitative estimate of drug-likeness (QED) is 0.902. The first-order valence-electron chi connectivity index (χ1n) is 8.83. The first kappa shape index (κ1) is 18.5. The topological polar surface area (TPSA) is 52.7 Å². The van der Waals surface area contributed by atoms with Gasteiger partial charge in [0.25, 0.3) is 0 Å². The van der Waals surface area contributed by atoms with Crippen LogP contribution >= 0.6 is 0 Å². The number of hydrogen-bond acceptors (Lipinski definition) is 3. The van der Waals surface area contributed by atoms with Gasteiger partial charge < -0.3 is 10.2 Å². The van der Waals surface area contributed by atoms with Crippen LogP contribution in [0.2, 0.25) is 0 Å². The van der Waals surface area contributed by atoms with Gasteiger partial charge >= 0.3 is 0 Å². The fourth-order valence-corrected chi connectivity index (χ4v) is 3.09. The molecule has 0 aliphatic carbocycles. The second-order valence-electron chi connectivity index (χ2n) is 6.60. The summed E-state index contributed by atoms with van der Waals surface area (Å²) >= 11 is 0.